The maximum absolute atomic E-state index is 6.40. The molecule has 0 saturated carbocycles. The Bertz CT molecular complexity index is 2880. The molecule has 3 aromatic heterocycles. The van der Waals surface area contributed by atoms with Gasteiger partial charge in [-0.15, -0.1) is 11.3 Å². The van der Waals surface area contributed by atoms with E-state index < -0.39 is 0 Å². The number of para-hydroxylation sites is 2. The summed E-state index contributed by atoms with van der Waals surface area (Å²) in [7, 11) is 0. The zero-order valence-electron chi connectivity index (χ0n) is 26.9. The van der Waals surface area contributed by atoms with Crippen LogP contribution in [0.3, 0.4) is 0 Å². The van der Waals surface area contributed by atoms with E-state index in [0.717, 1.165) is 82.6 Å². The molecule has 10 rings (SSSR count). The van der Waals surface area contributed by atoms with Crippen LogP contribution >= 0.6 is 11.3 Å². The average molecular weight is 657 g/mol. The number of hydrogen-bond donors (Lipinski definition) is 0. The molecule has 3 heterocycles. The molecule has 234 valence electrons. The van der Waals surface area contributed by atoms with E-state index in [1.807, 2.05) is 18.2 Å². The van der Waals surface area contributed by atoms with Gasteiger partial charge in [0.2, 0.25) is 0 Å². The Morgan fingerprint density at radius 3 is 1.84 bits per heavy atom. The van der Waals surface area contributed by atoms with E-state index in [1.165, 1.54) is 15.6 Å². The first-order valence-corrected chi connectivity index (χ1v) is 17.6. The van der Waals surface area contributed by atoms with Crippen LogP contribution in [0.5, 0.6) is 0 Å². The third-order valence-electron chi connectivity index (χ3n) is 9.51. The fourth-order valence-electron chi connectivity index (χ4n) is 7.12. The van der Waals surface area contributed by atoms with Crippen molar-refractivity contribution in [3.05, 3.63) is 170 Å². The summed E-state index contributed by atoms with van der Waals surface area (Å²) in [4.78, 5) is 11.5. The second-order valence-corrected chi connectivity index (χ2v) is 13.6. The van der Waals surface area contributed by atoms with E-state index in [9.17, 15) is 0 Å². The van der Waals surface area contributed by atoms with Crippen molar-refractivity contribution in [1.82, 2.24) is 9.97 Å². The van der Waals surface area contributed by atoms with Crippen LogP contribution in [0.25, 0.3) is 98.3 Å². The number of nitrogens with zero attached hydrogens (tertiary/aromatic N) is 2. The number of furan rings is 1. The minimum Gasteiger partial charge on any atom is -0.455 e. The topological polar surface area (TPSA) is 38.9 Å². The van der Waals surface area contributed by atoms with Crippen molar-refractivity contribution in [3.63, 3.8) is 0 Å². The maximum atomic E-state index is 6.40. The monoisotopic (exact) mass is 656 g/mol. The van der Waals surface area contributed by atoms with Crippen molar-refractivity contribution in [2.75, 3.05) is 0 Å². The van der Waals surface area contributed by atoms with Gasteiger partial charge in [0, 0.05) is 42.9 Å². The van der Waals surface area contributed by atoms with E-state index >= 15 is 0 Å². The predicted octanol–water partition coefficient (Wildman–Crippen LogP) is 13.1. The number of rotatable bonds is 5. The zero-order valence-corrected chi connectivity index (χ0v) is 27.7. The smallest absolute Gasteiger partial charge is 0.161 e. The van der Waals surface area contributed by atoms with Gasteiger partial charge in [-0.25, -0.2) is 9.97 Å². The first kappa shape index (κ1) is 28.6. The van der Waals surface area contributed by atoms with Gasteiger partial charge in [-0.3, -0.25) is 0 Å². The molecular formula is C46H28N2OS. The molecule has 50 heavy (non-hydrogen) atoms. The standard InChI is InChI=1S/C46H28N2OS/c1-2-12-29(13-3-1)30-14-10-19-35(28-30)45-47-43(42-39-21-5-7-25-41(39)50-46(42)48-45)34-18-9-16-32(27-34)31-15-8-17-33(26-31)36-22-11-23-38-37-20-4-6-24-40(37)49-44(36)38/h1-28H. The lowest BCUT2D eigenvalue weighted by molar-refractivity contribution is 0.670. The molecule has 0 aliphatic rings. The van der Waals surface area contributed by atoms with Crippen LogP contribution in [-0.2, 0) is 0 Å². The van der Waals surface area contributed by atoms with Crippen LogP contribution in [0.2, 0.25) is 0 Å². The van der Waals surface area contributed by atoms with E-state index in [-0.39, 0.29) is 0 Å². The van der Waals surface area contributed by atoms with Gasteiger partial charge in [-0.05, 0) is 58.1 Å². The number of thiophene rings is 1. The fraction of sp³-hybridized carbons (Fsp3) is 0. The lowest BCUT2D eigenvalue weighted by atomic mass is 9.96. The first-order valence-electron chi connectivity index (χ1n) is 16.7. The molecule has 0 unspecified atom stereocenters. The Kier molecular flexibility index (Phi) is 6.68. The summed E-state index contributed by atoms with van der Waals surface area (Å²) < 4.78 is 7.60. The summed E-state index contributed by atoms with van der Waals surface area (Å²) in [5.74, 6) is 0.725. The Morgan fingerprint density at radius 1 is 0.420 bits per heavy atom. The minimum absolute atomic E-state index is 0.725. The molecule has 0 saturated heterocycles. The molecule has 0 radical (unpaired) electrons. The second kappa shape index (κ2) is 11.7. The van der Waals surface area contributed by atoms with Crippen molar-refractivity contribution in [1.29, 1.82) is 0 Å². The molecule has 7 aromatic carbocycles. The number of hydrogen-bond acceptors (Lipinski definition) is 4. The van der Waals surface area contributed by atoms with E-state index in [4.69, 9.17) is 14.4 Å². The van der Waals surface area contributed by atoms with Gasteiger partial charge in [-0.2, -0.15) is 0 Å². The molecule has 0 N–H and O–H groups in total. The summed E-state index contributed by atoms with van der Waals surface area (Å²) in [6.07, 6.45) is 0. The zero-order chi connectivity index (χ0) is 33.0. The van der Waals surface area contributed by atoms with Crippen LogP contribution in [0.4, 0.5) is 0 Å². The molecule has 4 heteroatoms. The van der Waals surface area contributed by atoms with Crippen LogP contribution in [0.1, 0.15) is 0 Å². The number of fused-ring (bicyclic) bond motifs is 6. The van der Waals surface area contributed by atoms with Gasteiger partial charge in [0.25, 0.3) is 0 Å². The van der Waals surface area contributed by atoms with Crippen LogP contribution in [0.15, 0.2) is 174 Å². The highest BCUT2D eigenvalue weighted by atomic mass is 32.1. The van der Waals surface area contributed by atoms with Crippen LogP contribution < -0.4 is 0 Å². The summed E-state index contributed by atoms with van der Waals surface area (Å²) in [6, 6.07) is 59.7. The second-order valence-electron chi connectivity index (χ2n) is 12.6. The SMILES string of the molecule is c1ccc(-c2cccc(-c3nc(-c4cccc(-c5cccc(-c6cccc7c6oc6ccccc67)c5)c4)c4c(n3)sc3ccccc34)c2)cc1. The van der Waals surface area contributed by atoms with Gasteiger partial charge in [0.05, 0.1) is 5.69 Å². The average Bonchev–Trinajstić information content (AvgIpc) is 3.77. The molecule has 0 bridgehead atoms. The third kappa shape index (κ3) is 4.80. The Morgan fingerprint density at radius 2 is 1.00 bits per heavy atom. The normalized spacial score (nSPS) is 11.6. The molecule has 3 nitrogen and oxygen atoms in total. The summed E-state index contributed by atoms with van der Waals surface area (Å²) in [5, 5.41) is 4.54. The highest BCUT2D eigenvalue weighted by Gasteiger charge is 2.18. The lowest BCUT2D eigenvalue weighted by Gasteiger charge is -2.11. The van der Waals surface area contributed by atoms with Crippen molar-refractivity contribution < 1.29 is 4.42 Å². The molecule has 0 aliphatic carbocycles. The van der Waals surface area contributed by atoms with Gasteiger partial charge < -0.3 is 4.42 Å². The van der Waals surface area contributed by atoms with Gasteiger partial charge in [0.1, 0.15) is 16.0 Å². The lowest BCUT2D eigenvalue weighted by Crippen LogP contribution is -1.94. The molecule has 10 aromatic rings. The fourth-order valence-corrected chi connectivity index (χ4v) is 8.19. The number of aromatic nitrogens is 2. The molecule has 0 spiro atoms. The van der Waals surface area contributed by atoms with Crippen molar-refractivity contribution in [2.24, 2.45) is 0 Å². The summed E-state index contributed by atoms with van der Waals surface area (Å²) in [6.45, 7) is 0. The highest BCUT2D eigenvalue weighted by Crippen LogP contribution is 2.41. The summed E-state index contributed by atoms with van der Waals surface area (Å²) >= 11 is 1.72. The molecular weight excluding hydrogens is 629 g/mol. The van der Waals surface area contributed by atoms with Crippen LogP contribution in [-0.4, -0.2) is 9.97 Å². The Balaban J connectivity index is 1.12. The quantitative estimate of drug-likeness (QED) is 0.185. The van der Waals surface area contributed by atoms with Crippen molar-refractivity contribution in [3.8, 4) is 56.0 Å². The molecule has 0 aliphatic heterocycles. The Hall–Kier alpha value is -6.36. The summed E-state index contributed by atoms with van der Waals surface area (Å²) in [5.41, 5.74) is 11.6. The van der Waals surface area contributed by atoms with Crippen molar-refractivity contribution >= 4 is 53.6 Å². The Labute approximate surface area is 292 Å². The van der Waals surface area contributed by atoms with Gasteiger partial charge in [0.15, 0.2) is 5.82 Å². The molecule has 0 amide bonds. The minimum atomic E-state index is 0.725. The third-order valence-corrected chi connectivity index (χ3v) is 10.6. The molecule has 0 atom stereocenters. The van der Waals surface area contributed by atoms with E-state index in [0.29, 0.717) is 0 Å². The van der Waals surface area contributed by atoms with E-state index in [2.05, 4.69) is 152 Å². The maximum Gasteiger partial charge on any atom is 0.161 e. The largest absolute Gasteiger partial charge is 0.455 e. The highest BCUT2D eigenvalue weighted by molar-refractivity contribution is 7.25. The van der Waals surface area contributed by atoms with Gasteiger partial charge >= 0.3 is 0 Å². The predicted molar refractivity (Wildman–Crippen MR) is 209 cm³/mol. The number of benzene rings is 7. The van der Waals surface area contributed by atoms with Crippen LogP contribution in [0, 0.1) is 0 Å². The van der Waals surface area contributed by atoms with Gasteiger partial charge in [-0.1, -0.05) is 140 Å². The first-order chi connectivity index (χ1) is 24.8. The molecule has 0 fully saturated rings. The van der Waals surface area contributed by atoms with Crippen molar-refractivity contribution in [2.45, 2.75) is 0 Å². The van der Waals surface area contributed by atoms with E-state index in [1.54, 1.807) is 11.3 Å².